The van der Waals surface area contributed by atoms with Gasteiger partial charge in [-0.15, -0.1) is 0 Å². The maximum atomic E-state index is 9.75. The molecule has 26 heavy (non-hydrogen) atoms. The van der Waals surface area contributed by atoms with Crippen molar-refractivity contribution in [3.05, 3.63) is 65.3 Å². The molecule has 2 heterocycles. The Morgan fingerprint density at radius 2 is 1.81 bits per heavy atom. The molecule has 0 unspecified atom stereocenters. The molecular formula is C21H22ClN3O. The Morgan fingerprint density at radius 3 is 2.65 bits per heavy atom. The molecule has 5 heteroatoms. The number of rotatable bonds is 4. The van der Waals surface area contributed by atoms with Crippen molar-refractivity contribution >= 4 is 33.9 Å². The van der Waals surface area contributed by atoms with E-state index in [0.29, 0.717) is 11.7 Å². The predicted molar refractivity (Wildman–Crippen MR) is 108 cm³/mol. The highest BCUT2D eigenvalue weighted by Gasteiger charge is 2.19. The van der Waals surface area contributed by atoms with Crippen LogP contribution in [-0.2, 0) is 6.54 Å². The van der Waals surface area contributed by atoms with Crippen molar-refractivity contribution in [1.29, 1.82) is 0 Å². The van der Waals surface area contributed by atoms with Crippen LogP contribution >= 0.6 is 11.6 Å². The molecule has 1 aliphatic heterocycles. The van der Waals surface area contributed by atoms with Gasteiger partial charge in [0.2, 0.25) is 0 Å². The minimum atomic E-state index is -0.172. The zero-order valence-electron chi connectivity index (χ0n) is 14.5. The number of hydrogen-bond acceptors (Lipinski definition) is 4. The molecular weight excluding hydrogens is 346 g/mol. The maximum Gasteiger partial charge on any atom is 0.134 e. The molecule has 1 aliphatic rings. The molecule has 4 rings (SSSR count). The van der Waals surface area contributed by atoms with E-state index in [4.69, 9.17) is 11.6 Å². The highest BCUT2D eigenvalue weighted by Crippen LogP contribution is 2.29. The fourth-order valence-corrected chi connectivity index (χ4v) is 3.67. The van der Waals surface area contributed by atoms with E-state index in [1.807, 2.05) is 24.3 Å². The third kappa shape index (κ3) is 3.62. The average Bonchev–Trinajstić information content (AvgIpc) is 2.67. The van der Waals surface area contributed by atoms with Gasteiger partial charge in [-0.2, -0.15) is 0 Å². The lowest BCUT2D eigenvalue weighted by Gasteiger charge is -2.33. The number of hydrogen-bond donors (Lipinski definition) is 2. The minimum absolute atomic E-state index is 0.172. The maximum absolute atomic E-state index is 9.75. The van der Waals surface area contributed by atoms with E-state index < -0.39 is 0 Å². The number of nitrogens with one attached hydrogen (secondary N) is 1. The fourth-order valence-electron chi connectivity index (χ4n) is 3.46. The summed E-state index contributed by atoms with van der Waals surface area (Å²) in [6, 6.07) is 18.4. The summed E-state index contributed by atoms with van der Waals surface area (Å²) in [4.78, 5) is 6.82. The summed E-state index contributed by atoms with van der Waals surface area (Å²) in [5.41, 5.74) is 4.14. The molecule has 0 radical (unpaired) electrons. The van der Waals surface area contributed by atoms with Gasteiger partial charge in [0.05, 0.1) is 23.0 Å². The lowest BCUT2D eigenvalue weighted by atomic mass is 10.1. The number of para-hydroxylation sites is 3. The van der Waals surface area contributed by atoms with Gasteiger partial charge in [0.15, 0.2) is 0 Å². The number of fused-ring (bicyclic) bond motifs is 1. The highest BCUT2D eigenvalue weighted by atomic mass is 35.5. The van der Waals surface area contributed by atoms with Gasteiger partial charge in [0.1, 0.15) is 5.15 Å². The first-order chi connectivity index (χ1) is 12.7. The predicted octanol–water partition coefficient (Wildman–Crippen LogP) is 4.46. The van der Waals surface area contributed by atoms with Crippen molar-refractivity contribution in [3.8, 4) is 0 Å². The standard InChI is InChI=1S/C21H22ClN3O/c22-21-16(13-15-5-1-2-6-18(15)24-21)14-23-19-7-3-4-8-20(19)25-11-9-17(26)10-12-25/h1-8,13,17,23,26H,9-12,14H2. The summed E-state index contributed by atoms with van der Waals surface area (Å²) in [6.07, 6.45) is 1.46. The Balaban J connectivity index is 1.54. The monoisotopic (exact) mass is 367 g/mol. The number of anilines is 2. The largest absolute Gasteiger partial charge is 0.393 e. The summed E-state index contributed by atoms with van der Waals surface area (Å²) in [7, 11) is 0. The van der Waals surface area contributed by atoms with E-state index >= 15 is 0 Å². The van der Waals surface area contributed by atoms with Crippen LogP contribution in [0.2, 0.25) is 5.15 Å². The SMILES string of the molecule is OC1CCN(c2ccccc2NCc2cc3ccccc3nc2Cl)CC1. The van der Waals surface area contributed by atoms with E-state index in [-0.39, 0.29) is 6.10 Å². The number of benzene rings is 2. The van der Waals surface area contributed by atoms with Crippen molar-refractivity contribution in [1.82, 2.24) is 4.98 Å². The first-order valence-electron chi connectivity index (χ1n) is 9.01. The van der Waals surface area contributed by atoms with Crippen LogP contribution in [0.15, 0.2) is 54.6 Å². The van der Waals surface area contributed by atoms with Crippen LogP contribution < -0.4 is 10.2 Å². The highest BCUT2D eigenvalue weighted by molar-refractivity contribution is 6.30. The lowest BCUT2D eigenvalue weighted by Crippen LogP contribution is -2.36. The molecule has 0 bridgehead atoms. The van der Waals surface area contributed by atoms with Crippen LogP contribution in [0.25, 0.3) is 10.9 Å². The summed E-state index contributed by atoms with van der Waals surface area (Å²) < 4.78 is 0. The second-order valence-corrected chi connectivity index (χ2v) is 7.08. The van der Waals surface area contributed by atoms with E-state index in [0.717, 1.165) is 48.1 Å². The molecule has 2 N–H and O–H groups in total. The Morgan fingerprint density at radius 1 is 1.08 bits per heavy atom. The number of aliphatic hydroxyl groups is 1. The number of pyridine rings is 1. The molecule has 3 aromatic rings. The van der Waals surface area contributed by atoms with E-state index in [1.165, 1.54) is 5.69 Å². The summed E-state index contributed by atoms with van der Waals surface area (Å²) in [5, 5.41) is 14.9. The third-order valence-corrected chi connectivity index (χ3v) is 5.26. The Kier molecular flexibility index (Phi) is 4.96. The smallest absolute Gasteiger partial charge is 0.134 e. The van der Waals surface area contributed by atoms with Gasteiger partial charge in [-0.1, -0.05) is 41.9 Å². The molecule has 0 saturated carbocycles. The molecule has 4 nitrogen and oxygen atoms in total. The average molecular weight is 368 g/mol. The quantitative estimate of drug-likeness (QED) is 0.668. The van der Waals surface area contributed by atoms with Gasteiger partial charge in [0.25, 0.3) is 0 Å². The number of aliphatic hydroxyl groups excluding tert-OH is 1. The molecule has 1 saturated heterocycles. The van der Waals surface area contributed by atoms with Crippen molar-refractivity contribution in [3.63, 3.8) is 0 Å². The first-order valence-corrected chi connectivity index (χ1v) is 9.38. The van der Waals surface area contributed by atoms with Crippen LogP contribution in [0.4, 0.5) is 11.4 Å². The van der Waals surface area contributed by atoms with Crippen LogP contribution in [0.5, 0.6) is 0 Å². The summed E-state index contributed by atoms with van der Waals surface area (Å²) >= 11 is 6.38. The third-order valence-electron chi connectivity index (χ3n) is 4.93. The van der Waals surface area contributed by atoms with Gasteiger partial charge in [-0.3, -0.25) is 0 Å². The number of aromatic nitrogens is 1. The van der Waals surface area contributed by atoms with Crippen LogP contribution in [0.1, 0.15) is 18.4 Å². The topological polar surface area (TPSA) is 48.4 Å². The summed E-state index contributed by atoms with van der Waals surface area (Å²) in [5.74, 6) is 0. The molecule has 1 aromatic heterocycles. The van der Waals surface area contributed by atoms with Gasteiger partial charge >= 0.3 is 0 Å². The molecule has 0 spiro atoms. The van der Waals surface area contributed by atoms with Crippen LogP contribution in [0, 0.1) is 0 Å². The molecule has 0 atom stereocenters. The fraction of sp³-hybridized carbons (Fsp3) is 0.286. The minimum Gasteiger partial charge on any atom is -0.393 e. The van der Waals surface area contributed by atoms with Gasteiger partial charge < -0.3 is 15.3 Å². The zero-order valence-corrected chi connectivity index (χ0v) is 15.3. The normalized spacial score (nSPS) is 15.4. The molecule has 134 valence electrons. The molecule has 2 aromatic carbocycles. The van der Waals surface area contributed by atoms with E-state index in [2.05, 4.69) is 45.5 Å². The van der Waals surface area contributed by atoms with Gasteiger partial charge in [-0.05, 0) is 37.1 Å². The molecule has 0 aliphatic carbocycles. The molecule has 0 amide bonds. The Labute approximate surface area is 158 Å². The second kappa shape index (κ2) is 7.52. The van der Waals surface area contributed by atoms with Crippen molar-refractivity contribution in [2.75, 3.05) is 23.3 Å². The van der Waals surface area contributed by atoms with Crippen molar-refractivity contribution in [2.24, 2.45) is 0 Å². The zero-order chi connectivity index (χ0) is 17.9. The van der Waals surface area contributed by atoms with Crippen molar-refractivity contribution < 1.29 is 5.11 Å². The number of nitrogens with zero attached hydrogens (tertiary/aromatic N) is 2. The van der Waals surface area contributed by atoms with Gasteiger partial charge in [0, 0.05) is 30.6 Å². The van der Waals surface area contributed by atoms with Crippen LogP contribution in [-0.4, -0.2) is 29.3 Å². The molecule has 1 fully saturated rings. The number of piperidine rings is 1. The van der Waals surface area contributed by atoms with Gasteiger partial charge in [-0.25, -0.2) is 4.98 Å². The Hall–Kier alpha value is -2.30. The second-order valence-electron chi connectivity index (χ2n) is 6.72. The van der Waals surface area contributed by atoms with Crippen molar-refractivity contribution in [2.45, 2.75) is 25.5 Å². The van der Waals surface area contributed by atoms with E-state index in [1.54, 1.807) is 0 Å². The lowest BCUT2D eigenvalue weighted by molar-refractivity contribution is 0.145. The first kappa shape index (κ1) is 17.1. The Bertz CT molecular complexity index is 907. The van der Waals surface area contributed by atoms with Crippen LogP contribution in [0.3, 0.4) is 0 Å². The van der Waals surface area contributed by atoms with E-state index in [9.17, 15) is 5.11 Å². The number of halogens is 1. The summed E-state index contributed by atoms with van der Waals surface area (Å²) in [6.45, 7) is 2.36.